The van der Waals surface area contributed by atoms with E-state index in [1.54, 1.807) is 29.2 Å². The zero-order chi connectivity index (χ0) is 17.5. The molecule has 0 N–H and O–H groups in total. The van der Waals surface area contributed by atoms with Crippen LogP contribution in [0.3, 0.4) is 0 Å². The second-order valence-corrected chi connectivity index (χ2v) is 9.19. The fourth-order valence-electron chi connectivity index (χ4n) is 3.50. The number of carbonyl (C=O) groups is 1. The van der Waals surface area contributed by atoms with Crippen LogP contribution < -0.4 is 0 Å². The zero-order valence-electron chi connectivity index (χ0n) is 13.9. The van der Waals surface area contributed by atoms with Gasteiger partial charge in [0, 0.05) is 39.8 Å². The van der Waals surface area contributed by atoms with E-state index in [2.05, 4.69) is 0 Å². The van der Waals surface area contributed by atoms with Gasteiger partial charge in [-0.15, -0.1) is 0 Å². The van der Waals surface area contributed by atoms with Gasteiger partial charge < -0.3 is 4.90 Å². The number of fused-ring (bicyclic) bond motifs is 4. The van der Waals surface area contributed by atoms with Crippen molar-refractivity contribution in [3.8, 4) is 0 Å². The Hall–Kier alpha value is -1.15. The maximum absolute atomic E-state index is 12.9. The van der Waals surface area contributed by atoms with Crippen molar-refractivity contribution in [2.75, 3.05) is 33.7 Å². The molecule has 24 heavy (non-hydrogen) atoms. The molecule has 0 aromatic heterocycles. The molecule has 0 unspecified atom stereocenters. The molecule has 1 aromatic carbocycles. The summed E-state index contributed by atoms with van der Waals surface area (Å²) in [5, 5.41) is 0.431. The number of amides is 1. The molecule has 1 amide bonds. The van der Waals surface area contributed by atoms with Crippen molar-refractivity contribution in [2.45, 2.75) is 18.9 Å². The second-order valence-electron chi connectivity index (χ2n) is 6.64. The van der Waals surface area contributed by atoms with Crippen LogP contribution in [-0.2, 0) is 10.2 Å². The predicted molar refractivity (Wildman–Crippen MR) is 93.2 cm³/mol. The van der Waals surface area contributed by atoms with Crippen molar-refractivity contribution in [2.24, 2.45) is 5.92 Å². The van der Waals surface area contributed by atoms with Crippen molar-refractivity contribution in [1.82, 2.24) is 13.5 Å². The van der Waals surface area contributed by atoms with Crippen molar-refractivity contribution in [3.05, 3.63) is 34.9 Å². The molecule has 2 bridgehead atoms. The van der Waals surface area contributed by atoms with E-state index in [9.17, 15) is 13.2 Å². The quantitative estimate of drug-likeness (QED) is 0.812. The van der Waals surface area contributed by atoms with Crippen molar-refractivity contribution < 1.29 is 13.2 Å². The van der Waals surface area contributed by atoms with E-state index in [1.165, 1.54) is 22.7 Å². The first-order chi connectivity index (χ1) is 11.3. The van der Waals surface area contributed by atoms with E-state index < -0.39 is 10.2 Å². The van der Waals surface area contributed by atoms with Gasteiger partial charge in [-0.25, -0.2) is 0 Å². The highest BCUT2D eigenvalue weighted by molar-refractivity contribution is 7.86. The molecule has 6 nitrogen and oxygen atoms in total. The lowest BCUT2D eigenvalue weighted by molar-refractivity contribution is 0.0589. The molecule has 8 heteroatoms. The summed E-state index contributed by atoms with van der Waals surface area (Å²) >= 11 is 6.16. The number of hydrogen-bond acceptors (Lipinski definition) is 3. The van der Waals surface area contributed by atoms with Crippen molar-refractivity contribution in [1.29, 1.82) is 0 Å². The fraction of sp³-hybridized carbons (Fsp3) is 0.562. The van der Waals surface area contributed by atoms with Crippen LogP contribution in [0.2, 0.25) is 5.02 Å². The number of rotatable bonds is 3. The molecule has 1 aromatic rings. The minimum atomic E-state index is -3.47. The Labute approximate surface area is 148 Å². The molecular formula is C16H22ClN3O3S. The van der Waals surface area contributed by atoms with Gasteiger partial charge in [-0.1, -0.05) is 23.7 Å². The fourth-order valence-corrected chi connectivity index (χ4v) is 4.93. The second kappa shape index (κ2) is 6.63. The first-order valence-electron chi connectivity index (χ1n) is 8.04. The van der Waals surface area contributed by atoms with E-state index in [4.69, 9.17) is 11.6 Å². The van der Waals surface area contributed by atoms with Crippen LogP contribution in [0, 0.1) is 5.92 Å². The van der Waals surface area contributed by atoms with Gasteiger partial charge in [0.05, 0.1) is 10.6 Å². The molecule has 3 fully saturated rings. The smallest absolute Gasteiger partial charge is 0.281 e. The molecule has 4 rings (SSSR count). The zero-order valence-corrected chi connectivity index (χ0v) is 15.4. The third-order valence-corrected chi connectivity index (χ3v) is 7.04. The van der Waals surface area contributed by atoms with Gasteiger partial charge >= 0.3 is 0 Å². The average molecular weight is 372 g/mol. The maximum atomic E-state index is 12.9. The molecule has 0 saturated carbocycles. The Kier molecular flexibility index (Phi) is 4.88. The van der Waals surface area contributed by atoms with Crippen molar-refractivity contribution in [3.63, 3.8) is 0 Å². The number of carbonyl (C=O) groups excluding carboxylic acids is 1. The van der Waals surface area contributed by atoms with E-state index in [1.807, 2.05) is 0 Å². The number of benzene rings is 1. The Morgan fingerprint density at radius 1 is 1.17 bits per heavy atom. The Morgan fingerprint density at radius 3 is 2.54 bits per heavy atom. The minimum absolute atomic E-state index is 0.109. The maximum Gasteiger partial charge on any atom is 0.281 e. The summed E-state index contributed by atoms with van der Waals surface area (Å²) < 4.78 is 27.7. The molecule has 3 aliphatic rings. The van der Waals surface area contributed by atoms with E-state index >= 15 is 0 Å². The first kappa shape index (κ1) is 17.7. The average Bonchev–Trinajstić information content (AvgIpc) is 2.87. The van der Waals surface area contributed by atoms with Crippen LogP contribution in [0.4, 0.5) is 0 Å². The molecule has 132 valence electrons. The molecular weight excluding hydrogens is 350 g/mol. The Morgan fingerprint density at radius 2 is 1.88 bits per heavy atom. The Balaban J connectivity index is 1.87. The van der Waals surface area contributed by atoms with Crippen LogP contribution in [-0.4, -0.2) is 67.6 Å². The van der Waals surface area contributed by atoms with Gasteiger partial charge in [0.15, 0.2) is 0 Å². The van der Waals surface area contributed by atoms with Gasteiger partial charge in [0.1, 0.15) is 0 Å². The molecule has 0 radical (unpaired) electrons. The monoisotopic (exact) mass is 371 g/mol. The van der Waals surface area contributed by atoms with Crippen LogP contribution in [0.25, 0.3) is 0 Å². The van der Waals surface area contributed by atoms with Crippen LogP contribution in [0.15, 0.2) is 24.3 Å². The van der Waals surface area contributed by atoms with Gasteiger partial charge in [0.2, 0.25) is 0 Å². The van der Waals surface area contributed by atoms with Crippen LogP contribution in [0.5, 0.6) is 0 Å². The Bertz CT molecular complexity index is 738. The summed E-state index contributed by atoms with van der Waals surface area (Å²) in [6.45, 7) is 1.38. The van der Waals surface area contributed by atoms with E-state index in [-0.39, 0.29) is 17.9 Å². The summed E-state index contributed by atoms with van der Waals surface area (Å²) in [5.74, 6) is 0.0457. The van der Waals surface area contributed by atoms with Gasteiger partial charge in [-0.3, -0.25) is 4.79 Å². The SMILES string of the molecule is CN(C)S(=O)(=O)N1C[C@@H]2CC[C@H](C1)N(C(=O)c1ccccc1Cl)C2. The lowest BCUT2D eigenvalue weighted by atomic mass is 9.94. The van der Waals surface area contributed by atoms with Gasteiger partial charge in [0.25, 0.3) is 16.1 Å². The third kappa shape index (κ3) is 3.18. The van der Waals surface area contributed by atoms with Crippen LogP contribution in [0.1, 0.15) is 23.2 Å². The highest BCUT2D eigenvalue weighted by Crippen LogP contribution is 2.31. The van der Waals surface area contributed by atoms with E-state index in [0.29, 0.717) is 30.2 Å². The summed E-state index contributed by atoms with van der Waals surface area (Å²) in [4.78, 5) is 14.7. The summed E-state index contributed by atoms with van der Waals surface area (Å²) in [6.07, 6.45) is 1.76. The minimum Gasteiger partial charge on any atom is -0.334 e. The topological polar surface area (TPSA) is 60.9 Å². The van der Waals surface area contributed by atoms with Crippen LogP contribution >= 0.6 is 11.6 Å². The summed E-state index contributed by atoms with van der Waals surface area (Å²) in [5.41, 5.74) is 0.480. The summed E-state index contributed by atoms with van der Waals surface area (Å²) in [7, 11) is -0.395. The molecule has 3 saturated heterocycles. The molecule has 0 aliphatic carbocycles. The van der Waals surface area contributed by atoms with Gasteiger partial charge in [-0.05, 0) is 30.9 Å². The van der Waals surface area contributed by atoms with Crippen molar-refractivity contribution >= 4 is 27.7 Å². The standard InChI is InChI=1S/C16H22ClN3O3S/c1-18(2)24(22,23)19-9-12-7-8-13(11-19)20(10-12)16(21)14-5-3-4-6-15(14)17/h3-6,12-13H,7-11H2,1-2H3/t12-,13+/m0/s1. The lowest BCUT2D eigenvalue weighted by Crippen LogP contribution is -2.48. The number of piperidine rings is 1. The third-order valence-electron chi connectivity index (χ3n) is 4.83. The number of halogens is 1. The highest BCUT2D eigenvalue weighted by Gasteiger charge is 2.41. The summed E-state index contributed by atoms with van der Waals surface area (Å²) in [6, 6.07) is 6.89. The predicted octanol–water partition coefficient (Wildman–Crippen LogP) is 1.68. The molecule has 3 heterocycles. The molecule has 2 atom stereocenters. The largest absolute Gasteiger partial charge is 0.334 e. The van der Waals surface area contributed by atoms with E-state index in [0.717, 1.165) is 12.8 Å². The molecule has 3 aliphatic heterocycles. The normalized spacial score (nSPS) is 25.1. The number of hydrogen-bond donors (Lipinski definition) is 0. The highest BCUT2D eigenvalue weighted by atomic mass is 35.5. The van der Waals surface area contributed by atoms with Gasteiger partial charge in [-0.2, -0.15) is 17.0 Å². The lowest BCUT2D eigenvalue weighted by Gasteiger charge is -2.36. The number of nitrogens with zero attached hydrogens (tertiary/aromatic N) is 3. The molecule has 0 spiro atoms. The first-order valence-corrected chi connectivity index (χ1v) is 9.81.